The topological polar surface area (TPSA) is 104 Å². The number of furan rings is 1. The van der Waals surface area contributed by atoms with Gasteiger partial charge in [-0.05, 0) is 24.6 Å². The summed E-state index contributed by atoms with van der Waals surface area (Å²) in [6.07, 6.45) is 3.95. The van der Waals surface area contributed by atoms with E-state index in [4.69, 9.17) is 13.6 Å². The number of hydrogen-bond acceptors (Lipinski definition) is 7. The van der Waals surface area contributed by atoms with Crippen molar-refractivity contribution in [3.8, 4) is 11.7 Å². The zero-order chi connectivity index (χ0) is 21.8. The third-order valence-corrected chi connectivity index (χ3v) is 4.87. The predicted molar refractivity (Wildman–Crippen MR) is 111 cm³/mol. The van der Waals surface area contributed by atoms with Gasteiger partial charge in [0, 0.05) is 23.6 Å². The monoisotopic (exact) mass is 422 g/mol. The zero-order valence-corrected chi connectivity index (χ0v) is 17.3. The van der Waals surface area contributed by atoms with Crippen LogP contribution >= 0.6 is 0 Å². The van der Waals surface area contributed by atoms with Crippen LogP contribution in [0.1, 0.15) is 29.6 Å². The number of carbonyl (C=O) groups excluding carboxylic acids is 2. The lowest BCUT2D eigenvalue weighted by Crippen LogP contribution is -2.34. The molecule has 1 amide bonds. The molecule has 31 heavy (non-hydrogen) atoms. The third-order valence-electron chi connectivity index (χ3n) is 4.87. The van der Waals surface area contributed by atoms with Crippen LogP contribution in [0, 0.1) is 0 Å². The number of ether oxygens (including phenoxy) is 1. The Kier molecular flexibility index (Phi) is 5.83. The number of fused-ring (bicyclic) bond motifs is 1. The summed E-state index contributed by atoms with van der Waals surface area (Å²) in [5, 5.41) is 8.76. The highest BCUT2D eigenvalue weighted by molar-refractivity contribution is 6.04. The van der Waals surface area contributed by atoms with Crippen LogP contribution in [0.15, 0.2) is 57.7 Å². The second kappa shape index (κ2) is 8.86. The molecular weight excluding hydrogens is 400 g/mol. The molecule has 0 aliphatic carbocycles. The van der Waals surface area contributed by atoms with Crippen LogP contribution in [0.25, 0.3) is 22.6 Å². The molecule has 4 aromatic rings. The van der Waals surface area contributed by atoms with Gasteiger partial charge >= 0.3 is 5.97 Å². The fraction of sp³-hybridized carbons (Fsp3) is 0.273. The second-order valence-corrected chi connectivity index (χ2v) is 6.97. The molecule has 9 nitrogen and oxygen atoms in total. The number of para-hydroxylation sites is 1. The van der Waals surface area contributed by atoms with E-state index in [1.54, 1.807) is 27.8 Å². The Hall–Kier alpha value is -3.88. The van der Waals surface area contributed by atoms with E-state index in [9.17, 15) is 9.59 Å². The summed E-state index contributed by atoms with van der Waals surface area (Å²) in [7, 11) is 1.34. The van der Waals surface area contributed by atoms with Crippen LogP contribution in [0.4, 0.5) is 0 Å². The Labute approximate surface area is 178 Å². The van der Waals surface area contributed by atoms with Crippen LogP contribution in [-0.4, -0.2) is 45.2 Å². The molecule has 0 saturated heterocycles. The average molecular weight is 422 g/mol. The molecule has 0 atom stereocenters. The molecule has 0 unspecified atom stereocenters. The summed E-state index contributed by atoms with van der Waals surface area (Å²) in [6.45, 7) is 2.77. The van der Waals surface area contributed by atoms with Crippen molar-refractivity contribution in [1.29, 1.82) is 0 Å². The van der Waals surface area contributed by atoms with Crippen molar-refractivity contribution in [2.45, 2.75) is 26.4 Å². The van der Waals surface area contributed by atoms with E-state index in [2.05, 4.69) is 10.2 Å². The quantitative estimate of drug-likeness (QED) is 0.400. The van der Waals surface area contributed by atoms with Crippen molar-refractivity contribution in [1.82, 2.24) is 19.7 Å². The van der Waals surface area contributed by atoms with Crippen molar-refractivity contribution in [3.63, 3.8) is 0 Å². The smallest absolute Gasteiger partial charge is 0.340 e. The van der Waals surface area contributed by atoms with E-state index >= 15 is 0 Å². The number of nitrogens with zero attached hydrogens (tertiary/aromatic N) is 4. The average Bonchev–Trinajstić information content (AvgIpc) is 3.53. The zero-order valence-electron chi connectivity index (χ0n) is 17.3. The first-order chi connectivity index (χ1) is 15.1. The number of esters is 1. The number of amides is 1. The minimum atomic E-state index is -0.441. The molecule has 0 spiro atoms. The molecule has 0 aliphatic heterocycles. The predicted octanol–water partition coefficient (Wildman–Crippen LogP) is 3.51. The highest BCUT2D eigenvalue weighted by Crippen LogP contribution is 2.23. The van der Waals surface area contributed by atoms with E-state index in [1.807, 2.05) is 31.2 Å². The van der Waals surface area contributed by atoms with Crippen molar-refractivity contribution in [2.75, 3.05) is 13.7 Å². The van der Waals surface area contributed by atoms with Gasteiger partial charge in [0.25, 0.3) is 5.89 Å². The lowest BCUT2D eigenvalue weighted by molar-refractivity contribution is -0.132. The number of benzene rings is 1. The first kappa shape index (κ1) is 20.4. The molecule has 1 aromatic carbocycles. The maximum Gasteiger partial charge on any atom is 0.340 e. The van der Waals surface area contributed by atoms with Gasteiger partial charge in [-0.1, -0.05) is 25.1 Å². The molecule has 0 fully saturated rings. The number of rotatable bonds is 8. The number of hydrogen-bond donors (Lipinski definition) is 0. The molecule has 4 rings (SSSR count). The largest absolute Gasteiger partial charge is 0.465 e. The van der Waals surface area contributed by atoms with Crippen LogP contribution in [0.5, 0.6) is 0 Å². The lowest BCUT2D eigenvalue weighted by Gasteiger charge is -2.20. The fourth-order valence-electron chi connectivity index (χ4n) is 3.44. The normalized spacial score (nSPS) is 11.0. The van der Waals surface area contributed by atoms with Gasteiger partial charge < -0.3 is 23.0 Å². The standard InChI is InChI=1S/C22H22N4O5/c1-3-10-25(13-19-23-24-21(31-19)18-9-6-11-30-18)20(27)14-26-12-16(22(28)29-2)15-7-4-5-8-17(15)26/h4-9,11-12H,3,10,13-14H2,1-2H3. The number of carbonyl (C=O) groups is 2. The van der Waals surface area contributed by atoms with Gasteiger partial charge in [-0.2, -0.15) is 0 Å². The van der Waals surface area contributed by atoms with Crippen LogP contribution in [-0.2, 0) is 22.6 Å². The number of aromatic nitrogens is 3. The lowest BCUT2D eigenvalue weighted by atomic mass is 10.2. The van der Waals surface area contributed by atoms with E-state index in [1.165, 1.54) is 13.4 Å². The van der Waals surface area contributed by atoms with Gasteiger partial charge in [-0.15, -0.1) is 10.2 Å². The molecule has 9 heteroatoms. The maximum atomic E-state index is 13.1. The molecule has 0 aliphatic rings. The molecule has 3 aromatic heterocycles. The van der Waals surface area contributed by atoms with Gasteiger partial charge in [-0.3, -0.25) is 4.79 Å². The van der Waals surface area contributed by atoms with E-state index in [-0.39, 0.29) is 24.9 Å². The Morgan fingerprint density at radius 2 is 2.00 bits per heavy atom. The van der Waals surface area contributed by atoms with Crippen molar-refractivity contribution >= 4 is 22.8 Å². The molecule has 0 N–H and O–H groups in total. The Morgan fingerprint density at radius 3 is 2.74 bits per heavy atom. The molecule has 0 bridgehead atoms. The first-order valence-electron chi connectivity index (χ1n) is 9.91. The van der Waals surface area contributed by atoms with Gasteiger partial charge in [-0.25, -0.2) is 4.79 Å². The molecule has 0 radical (unpaired) electrons. The van der Waals surface area contributed by atoms with E-state index < -0.39 is 5.97 Å². The minimum absolute atomic E-state index is 0.0662. The summed E-state index contributed by atoms with van der Waals surface area (Å²) in [5.41, 5.74) is 1.21. The molecule has 0 saturated carbocycles. The van der Waals surface area contributed by atoms with Gasteiger partial charge in [0.2, 0.25) is 11.8 Å². The molecular formula is C22H22N4O5. The summed E-state index contributed by atoms with van der Waals surface area (Å²) >= 11 is 0. The third kappa shape index (κ3) is 4.20. The van der Waals surface area contributed by atoms with Crippen LogP contribution in [0.3, 0.4) is 0 Å². The van der Waals surface area contributed by atoms with Crippen molar-refractivity contribution in [2.24, 2.45) is 0 Å². The Morgan fingerprint density at radius 1 is 1.16 bits per heavy atom. The SMILES string of the molecule is CCCN(Cc1nnc(-c2ccco2)o1)C(=O)Cn1cc(C(=O)OC)c2ccccc21. The molecule has 160 valence electrons. The Balaban J connectivity index is 1.55. The molecule has 3 heterocycles. The fourth-order valence-corrected chi connectivity index (χ4v) is 3.44. The van der Waals surface area contributed by atoms with E-state index in [0.717, 1.165) is 17.3 Å². The van der Waals surface area contributed by atoms with Crippen molar-refractivity contribution < 1.29 is 23.2 Å². The Bertz CT molecular complexity index is 1190. The highest BCUT2D eigenvalue weighted by Gasteiger charge is 2.21. The van der Waals surface area contributed by atoms with Gasteiger partial charge in [0.1, 0.15) is 6.54 Å². The summed E-state index contributed by atoms with van der Waals surface area (Å²) in [5.74, 6) is 0.492. The van der Waals surface area contributed by atoms with Gasteiger partial charge in [0.05, 0.1) is 25.5 Å². The number of methoxy groups -OCH3 is 1. The summed E-state index contributed by atoms with van der Waals surface area (Å²) in [4.78, 5) is 26.9. The summed E-state index contributed by atoms with van der Waals surface area (Å²) < 4.78 is 17.5. The van der Waals surface area contributed by atoms with Crippen LogP contribution in [0.2, 0.25) is 0 Å². The maximum absolute atomic E-state index is 13.1. The highest BCUT2D eigenvalue weighted by atomic mass is 16.5. The second-order valence-electron chi connectivity index (χ2n) is 6.97. The van der Waals surface area contributed by atoms with Gasteiger partial charge in [0.15, 0.2) is 5.76 Å². The minimum Gasteiger partial charge on any atom is -0.465 e. The summed E-state index contributed by atoms with van der Waals surface area (Å²) in [6, 6.07) is 10.9. The van der Waals surface area contributed by atoms with Crippen molar-refractivity contribution in [3.05, 3.63) is 60.3 Å². The first-order valence-corrected chi connectivity index (χ1v) is 9.91. The van der Waals surface area contributed by atoms with E-state index in [0.29, 0.717) is 23.8 Å². The van der Waals surface area contributed by atoms with Crippen LogP contribution < -0.4 is 0 Å².